The Balaban J connectivity index is 1.20. The number of rotatable bonds is 2. The lowest BCUT2D eigenvalue weighted by Gasteiger charge is -2.35. The van der Waals surface area contributed by atoms with Crippen molar-refractivity contribution in [3.63, 3.8) is 0 Å². The molecule has 0 unspecified atom stereocenters. The fourth-order valence-electron chi connectivity index (χ4n) is 9.17. The quantitative estimate of drug-likeness (QED) is 0.192. The minimum absolute atomic E-state index is 0.0728. The summed E-state index contributed by atoms with van der Waals surface area (Å²) >= 11 is 0. The van der Waals surface area contributed by atoms with Crippen molar-refractivity contribution in [2.45, 2.75) is 57.8 Å². The summed E-state index contributed by atoms with van der Waals surface area (Å²) in [6, 6.07) is 44.1. The summed E-state index contributed by atoms with van der Waals surface area (Å²) in [5, 5.41) is 0. The van der Waals surface area contributed by atoms with Crippen LogP contribution in [0.1, 0.15) is 90.8 Å². The van der Waals surface area contributed by atoms with Crippen molar-refractivity contribution in [2.24, 2.45) is 0 Å². The molecule has 228 valence electrons. The maximum Gasteiger partial charge on any atom is 0.193 e. The van der Waals surface area contributed by atoms with Crippen molar-refractivity contribution in [1.82, 2.24) is 0 Å². The molecule has 6 aromatic rings. The highest BCUT2D eigenvalue weighted by molar-refractivity contribution is 6.14. The average Bonchev–Trinajstić information content (AvgIpc) is 3.47. The van der Waals surface area contributed by atoms with E-state index in [9.17, 15) is 4.79 Å². The number of hydrogen-bond acceptors (Lipinski definition) is 1. The SMILES string of the molecule is CC1(C)c2ccc(-c3cccc4c3-c3ccccc3C4(C)C)cc2C(=O)c2cc(-c3cccc4c3-c3ccccc3C4(C)C)ccc21. The van der Waals surface area contributed by atoms with Crippen molar-refractivity contribution in [2.75, 3.05) is 0 Å². The molecule has 0 fully saturated rings. The van der Waals surface area contributed by atoms with Crippen LogP contribution in [0.3, 0.4) is 0 Å². The van der Waals surface area contributed by atoms with Crippen molar-refractivity contribution in [1.29, 1.82) is 0 Å². The van der Waals surface area contributed by atoms with E-state index in [1.165, 1.54) is 55.6 Å². The molecule has 0 radical (unpaired) electrons. The minimum Gasteiger partial charge on any atom is -0.289 e. The first kappa shape index (κ1) is 28.2. The Kier molecular flexibility index (Phi) is 5.58. The molecule has 0 saturated heterocycles. The van der Waals surface area contributed by atoms with Gasteiger partial charge >= 0.3 is 0 Å². The van der Waals surface area contributed by atoms with E-state index in [1.54, 1.807) is 0 Å². The Hall–Kier alpha value is -5.01. The van der Waals surface area contributed by atoms with E-state index >= 15 is 0 Å². The molecule has 3 aliphatic carbocycles. The molecular formula is C46H38O. The molecule has 0 saturated carbocycles. The lowest BCUT2D eigenvalue weighted by Crippen LogP contribution is -2.30. The highest BCUT2D eigenvalue weighted by atomic mass is 16.1. The summed E-state index contributed by atoms with van der Waals surface area (Å²) in [6.07, 6.45) is 0. The molecular weight excluding hydrogens is 569 g/mol. The Morgan fingerprint density at radius 1 is 0.340 bits per heavy atom. The van der Waals surface area contributed by atoms with Crippen LogP contribution in [-0.4, -0.2) is 5.78 Å². The molecule has 1 heteroatoms. The van der Waals surface area contributed by atoms with Crippen LogP contribution in [0.2, 0.25) is 0 Å². The number of ketones is 1. The third-order valence-electron chi connectivity index (χ3n) is 11.7. The zero-order valence-corrected chi connectivity index (χ0v) is 28.0. The van der Waals surface area contributed by atoms with Gasteiger partial charge in [-0.15, -0.1) is 0 Å². The monoisotopic (exact) mass is 606 g/mol. The van der Waals surface area contributed by atoms with Gasteiger partial charge in [-0.1, -0.05) is 151 Å². The van der Waals surface area contributed by atoms with Crippen LogP contribution < -0.4 is 0 Å². The molecule has 9 rings (SSSR count). The molecule has 0 spiro atoms. The fourth-order valence-corrected chi connectivity index (χ4v) is 9.17. The molecule has 1 nitrogen and oxygen atoms in total. The van der Waals surface area contributed by atoms with E-state index in [0.717, 1.165) is 33.4 Å². The van der Waals surface area contributed by atoms with Gasteiger partial charge in [-0.25, -0.2) is 0 Å². The molecule has 0 bridgehead atoms. The van der Waals surface area contributed by atoms with Crippen LogP contribution in [0.5, 0.6) is 0 Å². The van der Waals surface area contributed by atoms with Gasteiger partial charge in [0.1, 0.15) is 0 Å². The lowest BCUT2D eigenvalue weighted by molar-refractivity contribution is 0.103. The van der Waals surface area contributed by atoms with Crippen molar-refractivity contribution >= 4 is 5.78 Å². The van der Waals surface area contributed by atoms with Gasteiger partial charge in [-0.2, -0.15) is 0 Å². The zero-order chi connectivity index (χ0) is 32.5. The summed E-state index contributed by atoms with van der Waals surface area (Å²) in [7, 11) is 0. The van der Waals surface area contributed by atoms with Crippen molar-refractivity contribution < 1.29 is 4.79 Å². The average molecular weight is 607 g/mol. The minimum atomic E-state index is -0.309. The second kappa shape index (κ2) is 9.29. The van der Waals surface area contributed by atoms with Gasteiger partial charge in [0.05, 0.1) is 0 Å². The van der Waals surface area contributed by atoms with E-state index in [2.05, 4.69) is 163 Å². The Bertz CT molecular complexity index is 2180. The molecule has 0 aliphatic heterocycles. The van der Waals surface area contributed by atoms with Crippen LogP contribution in [0.4, 0.5) is 0 Å². The molecule has 3 aliphatic rings. The van der Waals surface area contributed by atoms with Gasteiger partial charge in [-0.05, 0) is 90.0 Å². The third-order valence-corrected chi connectivity index (χ3v) is 11.7. The first-order valence-corrected chi connectivity index (χ1v) is 16.8. The molecule has 0 aromatic heterocycles. The first-order valence-electron chi connectivity index (χ1n) is 16.8. The summed E-state index contributed by atoms with van der Waals surface area (Å²) in [6.45, 7) is 13.8. The number of carbonyl (C=O) groups is 1. The molecule has 0 amide bonds. The summed E-state index contributed by atoms with van der Waals surface area (Å²) in [4.78, 5) is 14.6. The third kappa shape index (κ3) is 3.63. The van der Waals surface area contributed by atoms with Gasteiger partial charge in [0.15, 0.2) is 5.78 Å². The maximum atomic E-state index is 14.6. The number of carbonyl (C=O) groups excluding carboxylic acids is 1. The van der Waals surface area contributed by atoms with E-state index < -0.39 is 0 Å². The van der Waals surface area contributed by atoms with E-state index in [4.69, 9.17) is 0 Å². The van der Waals surface area contributed by atoms with E-state index in [0.29, 0.717) is 0 Å². The number of fused-ring (bicyclic) bond motifs is 8. The highest BCUT2D eigenvalue weighted by Crippen LogP contribution is 2.54. The largest absolute Gasteiger partial charge is 0.289 e. The molecule has 47 heavy (non-hydrogen) atoms. The van der Waals surface area contributed by atoms with E-state index in [1.807, 2.05) is 0 Å². The maximum absolute atomic E-state index is 14.6. The topological polar surface area (TPSA) is 17.1 Å². The Morgan fingerprint density at radius 3 is 1.13 bits per heavy atom. The molecule has 6 aromatic carbocycles. The fraction of sp³-hybridized carbons (Fsp3) is 0.196. The normalized spacial score (nSPS) is 16.9. The summed E-state index contributed by atoms with van der Waals surface area (Å²) < 4.78 is 0. The van der Waals surface area contributed by atoms with Crippen LogP contribution in [0.15, 0.2) is 121 Å². The Labute approximate surface area is 278 Å². The van der Waals surface area contributed by atoms with Crippen LogP contribution in [0, 0.1) is 0 Å². The summed E-state index contributed by atoms with van der Waals surface area (Å²) in [5.41, 5.74) is 18.5. The van der Waals surface area contributed by atoms with Gasteiger partial charge in [-0.3, -0.25) is 4.79 Å². The number of benzene rings is 6. The number of hydrogen-bond donors (Lipinski definition) is 0. The smallest absolute Gasteiger partial charge is 0.193 e. The highest BCUT2D eigenvalue weighted by Gasteiger charge is 2.40. The standard InChI is InChI=1S/C46H38O/c1-44(2)37-23-21-27(29-15-11-19-39-41(29)31-13-7-9-17-35(31)45(39,3)4)25-33(37)43(47)34-26-28(22-24-38(34)44)30-16-12-20-40-42(30)32-14-8-10-18-36(32)46(40,5)6/h7-26H,1-6H3. The second-order valence-electron chi connectivity index (χ2n) is 15.3. The van der Waals surface area contributed by atoms with Crippen LogP contribution >= 0.6 is 0 Å². The molecule has 0 heterocycles. The van der Waals surface area contributed by atoms with Crippen LogP contribution in [0.25, 0.3) is 44.5 Å². The molecule has 0 atom stereocenters. The van der Waals surface area contributed by atoms with Gasteiger partial charge in [0.25, 0.3) is 0 Å². The first-order chi connectivity index (χ1) is 22.5. The zero-order valence-electron chi connectivity index (χ0n) is 28.0. The predicted molar refractivity (Wildman–Crippen MR) is 194 cm³/mol. The molecule has 0 N–H and O–H groups in total. The van der Waals surface area contributed by atoms with Gasteiger partial charge < -0.3 is 0 Å². The van der Waals surface area contributed by atoms with Crippen LogP contribution in [-0.2, 0) is 16.2 Å². The Morgan fingerprint density at radius 2 is 0.681 bits per heavy atom. The second-order valence-corrected chi connectivity index (χ2v) is 15.3. The summed E-state index contributed by atoms with van der Waals surface area (Å²) in [5.74, 6) is 0.111. The van der Waals surface area contributed by atoms with Gasteiger partial charge in [0, 0.05) is 27.4 Å². The predicted octanol–water partition coefficient (Wildman–Crippen LogP) is 11.5. The van der Waals surface area contributed by atoms with E-state index in [-0.39, 0.29) is 22.0 Å². The van der Waals surface area contributed by atoms with Crippen molar-refractivity contribution in [3.8, 4) is 44.5 Å². The lowest BCUT2D eigenvalue weighted by atomic mass is 9.67. The van der Waals surface area contributed by atoms with Crippen molar-refractivity contribution in [3.05, 3.63) is 166 Å². The van der Waals surface area contributed by atoms with Gasteiger partial charge in [0.2, 0.25) is 0 Å².